The molecule has 0 bridgehead atoms. The standard InChI is InChI=1S/C19H23N3O5/c1-3-26-18(24)13-8-10-22(11-9-13)17(23)12(2)27-19(25)16-14-6-4-5-7-15(14)20-21-16/h4-7,12-13H,3,8-11H2,1-2H3,(H,20,21). The van der Waals surface area contributed by atoms with Crippen LogP contribution in [0.2, 0.25) is 0 Å². The number of esters is 2. The molecule has 0 radical (unpaired) electrons. The van der Waals surface area contributed by atoms with Crippen LogP contribution in [0.25, 0.3) is 10.9 Å². The van der Waals surface area contributed by atoms with Gasteiger partial charge in [-0.25, -0.2) is 4.79 Å². The van der Waals surface area contributed by atoms with Crippen LogP contribution in [0.1, 0.15) is 37.2 Å². The molecule has 1 aromatic carbocycles. The minimum absolute atomic E-state index is 0.159. The number of amides is 1. The predicted molar refractivity (Wildman–Crippen MR) is 96.9 cm³/mol. The maximum atomic E-state index is 12.6. The second kappa shape index (κ2) is 8.20. The average molecular weight is 373 g/mol. The summed E-state index contributed by atoms with van der Waals surface area (Å²) < 4.78 is 10.4. The molecule has 1 aromatic heterocycles. The van der Waals surface area contributed by atoms with Gasteiger partial charge in [-0.15, -0.1) is 0 Å². The Morgan fingerprint density at radius 1 is 1.26 bits per heavy atom. The number of aromatic amines is 1. The molecule has 2 heterocycles. The number of piperidine rings is 1. The Morgan fingerprint density at radius 3 is 2.67 bits per heavy atom. The number of nitrogens with one attached hydrogen (secondary N) is 1. The molecule has 3 rings (SSSR count). The molecular weight excluding hydrogens is 350 g/mol. The van der Waals surface area contributed by atoms with Gasteiger partial charge in [0.05, 0.1) is 18.0 Å². The third-order valence-corrected chi connectivity index (χ3v) is 4.72. The highest BCUT2D eigenvalue weighted by molar-refractivity contribution is 6.02. The van der Waals surface area contributed by atoms with Gasteiger partial charge in [0.1, 0.15) is 0 Å². The number of ether oxygens (including phenoxy) is 2. The van der Waals surface area contributed by atoms with Crippen LogP contribution in [0.3, 0.4) is 0 Å². The van der Waals surface area contributed by atoms with E-state index >= 15 is 0 Å². The lowest BCUT2D eigenvalue weighted by molar-refractivity contribution is -0.152. The Balaban J connectivity index is 1.56. The van der Waals surface area contributed by atoms with Crippen LogP contribution >= 0.6 is 0 Å². The molecule has 0 saturated carbocycles. The fraction of sp³-hybridized carbons (Fsp3) is 0.474. The molecular formula is C19H23N3O5. The van der Waals surface area contributed by atoms with E-state index in [4.69, 9.17) is 9.47 Å². The van der Waals surface area contributed by atoms with Gasteiger partial charge in [0, 0.05) is 18.5 Å². The zero-order chi connectivity index (χ0) is 19.4. The van der Waals surface area contributed by atoms with E-state index in [1.54, 1.807) is 36.9 Å². The summed E-state index contributed by atoms with van der Waals surface area (Å²) in [4.78, 5) is 38.4. The van der Waals surface area contributed by atoms with Crippen LogP contribution in [0, 0.1) is 5.92 Å². The van der Waals surface area contributed by atoms with Crippen molar-refractivity contribution >= 4 is 28.7 Å². The van der Waals surface area contributed by atoms with Crippen molar-refractivity contribution in [1.29, 1.82) is 0 Å². The monoisotopic (exact) mass is 373 g/mol. The molecule has 0 aliphatic carbocycles. The number of rotatable bonds is 5. The number of likely N-dealkylation sites (tertiary alicyclic amines) is 1. The first-order chi connectivity index (χ1) is 13.0. The van der Waals surface area contributed by atoms with E-state index in [2.05, 4.69) is 10.2 Å². The summed E-state index contributed by atoms with van der Waals surface area (Å²) in [5, 5.41) is 7.41. The molecule has 144 valence electrons. The van der Waals surface area contributed by atoms with E-state index in [-0.39, 0.29) is 23.5 Å². The van der Waals surface area contributed by atoms with Gasteiger partial charge >= 0.3 is 11.9 Å². The van der Waals surface area contributed by atoms with E-state index in [0.717, 1.165) is 5.52 Å². The Bertz CT molecular complexity index is 839. The van der Waals surface area contributed by atoms with Gasteiger partial charge in [-0.05, 0) is 32.8 Å². The van der Waals surface area contributed by atoms with Gasteiger partial charge in [-0.3, -0.25) is 14.7 Å². The quantitative estimate of drug-likeness (QED) is 0.804. The Labute approximate surface area is 156 Å². The van der Waals surface area contributed by atoms with Crippen molar-refractivity contribution < 1.29 is 23.9 Å². The zero-order valence-electron chi connectivity index (χ0n) is 15.4. The first-order valence-corrected chi connectivity index (χ1v) is 9.10. The second-order valence-electron chi connectivity index (χ2n) is 6.52. The number of hydrogen-bond donors (Lipinski definition) is 1. The van der Waals surface area contributed by atoms with Crippen molar-refractivity contribution in [2.75, 3.05) is 19.7 Å². The largest absolute Gasteiger partial charge is 0.466 e. The maximum absolute atomic E-state index is 12.6. The third kappa shape index (κ3) is 4.10. The topological polar surface area (TPSA) is 102 Å². The highest BCUT2D eigenvalue weighted by Gasteiger charge is 2.31. The fourth-order valence-electron chi connectivity index (χ4n) is 3.24. The molecule has 1 aliphatic rings. The fourth-order valence-corrected chi connectivity index (χ4v) is 3.24. The van der Waals surface area contributed by atoms with Crippen molar-refractivity contribution in [3.63, 3.8) is 0 Å². The van der Waals surface area contributed by atoms with Crippen LogP contribution in [0.5, 0.6) is 0 Å². The number of carbonyl (C=O) groups is 3. The molecule has 1 saturated heterocycles. The van der Waals surface area contributed by atoms with E-state index in [1.165, 1.54) is 0 Å². The average Bonchev–Trinajstić information content (AvgIpc) is 3.12. The highest BCUT2D eigenvalue weighted by atomic mass is 16.5. The van der Waals surface area contributed by atoms with Crippen LogP contribution in [0.15, 0.2) is 24.3 Å². The van der Waals surface area contributed by atoms with E-state index in [0.29, 0.717) is 37.9 Å². The number of hydrogen-bond acceptors (Lipinski definition) is 6. The third-order valence-electron chi connectivity index (χ3n) is 4.72. The summed E-state index contributed by atoms with van der Waals surface area (Å²) >= 11 is 0. The minimum atomic E-state index is -0.924. The molecule has 0 spiro atoms. The molecule has 1 N–H and O–H groups in total. The summed E-state index contributed by atoms with van der Waals surface area (Å²) in [5.74, 6) is -1.31. The lowest BCUT2D eigenvalue weighted by Gasteiger charge is -2.32. The summed E-state index contributed by atoms with van der Waals surface area (Å²) in [6.07, 6.45) is 0.178. The smallest absolute Gasteiger partial charge is 0.360 e. The van der Waals surface area contributed by atoms with Crippen molar-refractivity contribution in [1.82, 2.24) is 15.1 Å². The van der Waals surface area contributed by atoms with Crippen molar-refractivity contribution in [3.8, 4) is 0 Å². The lowest BCUT2D eigenvalue weighted by Crippen LogP contribution is -2.45. The first-order valence-electron chi connectivity index (χ1n) is 9.10. The number of nitrogens with zero attached hydrogens (tertiary/aromatic N) is 2. The van der Waals surface area contributed by atoms with Gasteiger partial charge in [-0.1, -0.05) is 18.2 Å². The molecule has 27 heavy (non-hydrogen) atoms. The number of carbonyl (C=O) groups excluding carboxylic acids is 3. The van der Waals surface area contributed by atoms with Crippen molar-refractivity contribution in [3.05, 3.63) is 30.0 Å². The van der Waals surface area contributed by atoms with Crippen molar-refractivity contribution in [2.45, 2.75) is 32.8 Å². The molecule has 1 aliphatic heterocycles. The first kappa shape index (κ1) is 18.9. The summed E-state index contributed by atoms with van der Waals surface area (Å²) in [5.41, 5.74) is 0.885. The number of H-pyrrole nitrogens is 1. The highest BCUT2D eigenvalue weighted by Crippen LogP contribution is 2.21. The maximum Gasteiger partial charge on any atom is 0.360 e. The van der Waals surface area contributed by atoms with Crippen molar-refractivity contribution in [2.24, 2.45) is 5.92 Å². The Morgan fingerprint density at radius 2 is 1.96 bits per heavy atom. The SMILES string of the molecule is CCOC(=O)C1CCN(C(=O)C(C)OC(=O)c2n[nH]c3ccccc23)CC1. The van der Waals surface area contributed by atoms with Gasteiger partial charge in [0.25, 0.3) is 5.91 Å². The molecule has 1 atom stereocenters. The van der Waals surface area contributed by atoms with Crippen LogP contribution in [-0.2, 0) is 19.1 Å². The zero-order valence-corrected chi connectivity index (χ0v) is 15.4. The Kier molecular flexibility index (Phi) is 5.73. The normalized spacial score (nSPS) is 16.1. The van der Waals surface area contributed by atoms with Gasteiger partial charge in [-0.2, -0.15) is 5.10 Å². The molecule has 2 aromatic rings. The van der Waals surface area contributed by atoms with Crippen LogP contribution in [-0.4, -0.2) is 58.7 Å². The van der Waals surface area contributed by atoms with Gasteiger partial charge in [0.2, 0.25) is 0 Å². The number of para-hydroxylation sites is 1. The summed E-state index contributed by atoms with van der Waals surface area (Å²) in [7, 11) is 0. The molecule has 1 fully saturated rings. The molecule has 8 heteroatoms. The minimum Gasteiger partial charge on any atom is -0.466 e. The summed E-state index contributed by atoms with van der Waals surface area (Å²) in [6, 6.07) is 7.21. The predicted octanol–water partition coefficient (Wildman–Crippen LogP) is 1.91. The van der Waals surface area contributed by atoms with Crippen LogP contribution in [0.4, 0.5) is 0 Å². The van der Waals surface area contributed by atoms with Crippen LogP contribution < -0.4 is 0 Å². The number of benzene rings is 1. The molecule has 1 amide bonds. The Hall–Kier alpha value is -2.90. The lowest BCUT2D eigenvalue weighted by atomic mass is 9.97. The van der Waals surface area contributed by atoms with Gasteiger partial charge < -0.3 is 14.4 Å². The molecule has 1 unspecified atom stereocenters. The molecule has 8 nitrogen and oxygen atoms in total. The van der Waals surface area contributed by atoms with E-state index < -0.39 is 12.1 Å². The second-order valence-corrected chi connectivity index (χ2v) is 6.52. The number of aromatic nitrogens is 2. The number of fused-ring (bicyclic) bond motifs is 1. The summed E-state index contributed by atoms with van der Waals surface area (Å²) in [6.45, 7) is 4.56. The van der Waals surface area contributed by atoms with E-state index in [9.17, 15) is 14.4 Å². The van der Waals surface area contributed by atoms with Gasteiger partial charge in [0.15, 0.2) is 11.8 Å². The van der Waals surface area contributed by atoms with E-state index in [1.807, 2.05) is 6.07 Å².